The van der Waals surface area contributed by atoms with Crippen LogP contribution in [0, 0.1) is 11.6 Å². The lowest BCUT2D eigenvalue weighted by Crippen LogP contribution is -2.41. The molecule has 0 spiro atoms. The van der Waals surface area contributed by atoms with E-state index in [9.17, 15) is 13.6 Å². The largest absolute Gasteiger partial charge is 0.378 e. The molecule has 0 atom stereocenters. The van der Waals surface area contributed by atoms with Crippen molar-refractivity contribution in [3.8, 4) is 0 Å². The average Bonchev–Trinajstić information content (AvgIpc) is 2.75. The normalized spacial score (nSPS) is 18.9. The molecule has 1 fully saturated rings. The van der Waals surface area contributed by atoms with Crippen molar-refractivity contribution >= 4 is 5.91 Å². The van der Waals surface area contributed by atoms with E-state index in [-0.39, 0.29) is 30.0 Å². The van der Waals surface area contributed by atoms with Gasteiger partial charge >= 0.3 is 0 Å². The molecule has 0 bridgehead atoms. The Hall–Kier alpha value is -1.79. The van der Waals surface area contributed by atoms with Crippen molar-refractivity contribution in [1.82, 2.24) is 9.80 Å². The number of hydrogen-bond acceptors (Lipinski definition) is 3. The Kier molecular flexibility index (Phi) is 11.2. The lowest BCUT2D eigenvalue weighted by molar-refractivity contribution is -0.132. The van der Waals surface area contributed by atoms with Crippen LogP contribution in [0.2, 0.25) is 0 Å². The first-order valence-electron chi connectivity index (χ1n) is 11.5. The summed E-state index contributed by atoms with van der Waals surface area (Å²) in [4.78, 5) is 16.5. The lowest BCUT2D eigenvalue weighted by atomic mass is 9.91. The van der Waals surface area contributed by atoms with Crippen LogP contribution in [-0.2, 0) is 16.0 Å². The highest BCUT2D eigenvalue weighted by molar-refractivity contribution is 5.78. The molecule has 0 saturated heterocycles. The second kappa shape index (κ2) is 13.6. The first kappa shape index (κ1) is 25.5. The third kappa shape index (κ3) is 9.08. The molecule has 4 nitrogen and oxygen atoms in total. The van der Waals surface area contributed by atoms with Gasteiger partial charge in [0.05, 0.1) is 12.5 Å². The van der Waals surface area contributed by atoms with Crippen LogP contribution in [0.3, 0.4) is 0 Å². The summed E-state index contributed by atoms with van der Waals surface area (Å²) < 4.78 is 32.9. The van der Waals surface area contributed by atoms with Crippen LogP contribution >= 0.6 is 0 Å². The van der Waals surface area contributed by atoms with Crippen LogP contribution in [-0.4, -0.2) is 61.6 Å². The fraction of sp³-hybridized carbons (Fsp3) is 0.640. The summed E-state index contributed by atoms with van der Waals surface area (Å²) in [6.45, 7) is 6.61. The topological polar surface area (TPSA) is 32.8 Å². The molecule has 0 radical (unpaired) electrons. The van der Waals surface area contributed by atoms with Crippen molar-refractivity contribution in [1.29, 1.82) is 0 Å². The summed E-state index contributed by atoms with van der Waals surface area (Å²) in [6.07, 6.45) is 10.6. The van der Waals surface area contributed by atoms with Crippen molar-refractivity contribution in [3.63, 3.8) is 0 Å². The molecule has 0 N–H and O–H groups in total. The highest BCUT2D eigenvalue weighted by Gasteiger charge is 2.27. The lowest BCUT2D eigenvalue weighted by Gasteiger charge is -2.34. The number of carbonyl (C=O) groups is 1. The standard InChI is InChI=1S/C25H38F2N2O2/c1-4-15-28(2)16-7-5-6-8-17-31-23-13-11-22(12-14-23)29(3)25(30)18-20-9-10-21(26)19-24(20)27/h4,9-10,19,22-23H,1,5-8,11-18H2,2-3H3. The van der Waals surface area contributed by atoms with Crippen LogP contribution in [0.15, 0.2) is 30.9 Å². The quantitative estimate of drug-likeness (QED) is 0.323. The van der Waals surface area contributed by atoms with E-state index in [1.165, 1.54) is 31.4 Å². The zero-order valence-electron chi connectivity index (χ0n) is 19.1. The molecule has 0 aliphatic heterocycles. The molecule has 1 amide bonds. The van der Waals surface area contributed by atoms with Gasteiger partial charge in [0.1, 0.15) is 11.6 Å². The van der Waals surface area contributed by atoms with E-state index >= 15 is 0 Å². The number of rotatable bonds is 13. The minimum Gasteiger partial charge on any atom is -0.378 e. The number of amides is 1. The second-order valence-electron chi connectivity index (χ2n) is 8.68. The van der Waals surface area contributed by atoms with Gasteiger partial charge in [0.2, 0.25) is 5.91 Å². The number of ether oxygens (including phenoxy) is 1. The number of halogens is 2. The Labute approximate surface area is 186 Å². The van der Waals surface area contributed by atoms with Gasteiger partial charge in [-0.3, -0.25) is 4.79 Å². The fourth-order valence-corrected chi connectivity index (χ4v) is 4.15. The molecule has 1 aromatic rings. The number of nitrogens with zero attached hydrogens (tertiary/aromatic N) is 2. The van der Waals surface area contributed by atoms with Gasteiger partial charge in [0.15, 0.2) is 0 Å². The van der Waals surface area contributed by atoms with Crippen molar-refractivity contribution in [2.45, 2.75) is 69.9 Å². The number of likely N-dealkylation sites (N-methyl/N-ethyl adjacent to an activating group) is 2. The third-order valence-corrected chi connectivity index (χ3v) is 6.17. The zero-order valence-corrected chi connectivity index (χ0v) is 19.1. The van der Waals surface area contributed by atoms with Crippen LogP contribution in [0.5, 0.6) is 0 Å². The SMILES string of the molecule is C=CCN(C)CCCCCCOC1CCC(N(C)C(=O)Cc2ccc(F)cc2F)CC1. The first-order chi connectivity index (χ1) is 14.9. The van der Waals surface area contributed by atoms with E-state index in [2.05, 4.69) is 18.5 Å². The van der Waals surface area contributed by atoms with Crippen LogP contribution in [0.1, 0.15) is 56.9 Å². The maximum Gasteiger partial charge on any atom is 0.227 e. The van der Waals surface area contributed by atoms with Crippen LogP contribution in [0.4, 0.5) is 8.78 Å². The van der Waals surface area contributed by atoms with E-state index in [0.717, 1.165) is 57.9 Å². The number of benzene rings is 1. The van der Waals surface area contributed by atoms with E-state index in [0.29, 0.717) is 0 Å². The Morgan fingerprint density at radius 3 is 2.52 bits per heavy atom. The van der Waals surface area contributed by atoms with E-state index < -0.39 is 11.6 Å². The van der Waals surface area contributed by atoms with Gasteiger partial charge < -0.3 is 14.5 Å². The molecule has 1 aliphatic carbocycles. The molecule has 1 saturated carbocycles. The zero-order chi connectivity index (χ0) is 22.6. The Morgan fingerprint density at radius 1 is 1.13 bits per heavy atom. The maximum atomic E-state index is 13.8. The van der Waals surface area contributed by atoms with Crippen molar-refractivity contribution in [2.24, 2.45) is 0 Å². The predicted octanol–water partition coefficient (Wildman–Crippen LogP) is 4.97. The van der Waals surface area contributed by atoms with Gasteiger partial charge in [0.25, 0.3) is 0 Å². The maximum absolute atomic E-state index is 13.8. The Balaban J connectivity index is 1.59. The summed E-state index contributed by atoms with van der Waals surface area (Å²) in [6, 6.07) is 3.52. The molecule has 1 aliphatic rings. The molecule has 1 aromatic carbocycles. The summed E-state index contributed by atoms with van der Waals surface area (Å²) >= 11 is 0. The highest BCUT2D eigenvalue weighted by Crippen LogP contribution is 2.25. The molecule has 31 heavy (non-hydrogen) atoms. The molecule has 0 unspecified atom stereocenters. The van der Waals surface area contributed by atoms with E-state index in [1.807, 2.05) is 6.08 Å². The summed E-state index contributed by atoms with van der Waals surface area (Å²) in [7, 11) is 3.90. The molecule has 0 aromatic heterocycles. The van der Waals surface area contributed by atoms with Crippen LogP contribution < -0.4 is 0 Å². The van der Waals surface area contributed by atoms with E-state index in [1.54, 1.807) is 11.9 Å². The van der Waals surface area contributed by atoms with Gasteiger partial charge in [0, 0.05) is 32.3 Å². The van der Waals surface area contributed by atoms with Gasteiger partial charge in [-0.2, -0.15) is 0 Å². The molecule has 174 valence electrons. The molecule has 0 heterocycles. The molecular weight excluding hydrogens is 398 g/mol. The number of unbranched alkanes of at least 4 members (excludes halogenated alkanes) is 3. The van der Waals surface area contributed by atoms with Crippen molar-refractivity contribution < 1.29 is 18.3 Å². The fourth-order valence-electron chi connectivity index (χ4n) is 4.15. The Morgan fingerprint density at radius 2 is 1.84 bits per heavy atom. The van der Waals surface area contributed by atoms with Crippen molar-refractivity contribution in [2.75, 3.05) is 33.8 Å². The molecular formula is C25H38F2N2O2. The van der Waals surface area contributed by atoms with Gasteiger partial charge in [-0.1, -0.05) is 25.0 Å². The number of carbonyl (C=O) groups excluding carboxylic acids is 1. The van der Waals surface area contributed by atoms with Gasteiger partial charge in [-0.25, -0.2) is 8.78 Å². The summed E-state index contributed by atoms with van der Waals surface area (Å²) in [5.74, 6) is -1.42. The monoisotopic (exact) mass is 436 g/mol. The highest BCUT2D eigenvalue weighted by atomic mass is 19.1. The smallest absolute Gasteiger partial charge is 0.227 e. The van der Waals surface area contributed by atoms with Crippen molar-refractivity contribution in [3.05, 3.63) is 48.1 Å². The molecule has 2 rings (SSSR count). The predicted molar refractivity (Wildman–Crippen MR) is 121 cm³/mol. The van der Waals surface area contributed by atoms with Gasteiger partial charge in [-0.05, 0) is 63.7 Å². The third-order valence-electron chi connectivity index (χ3n) is 6.17. The van der Waals surface area contributed by atoms with E-state index in [4.69, 9.17) is 4.74 Å². The first-order valence-corrected chi connectivity index (χ1v) is 11.5. The summed E-state index contributed by atoms with van der Waals surface area (Å²) in [5.41, 5.74) is 0.239. The second-order valence-corrected chi connectivity index (χ2v) is 8.68. The van der Waals surface area contributed by atoms with Gasteiger partial charge in [-0.15, -0.1) is 6.58 Å². The minimum absolute atomic E-state index is 0.0393. The average molecular weight is 437 g/mol. The van der Waals surface area contributed by atoms with Crippen LogP contribution in [0.25, 0.3) is 0 Å². The summed E-state index contributed by atoms with van der Waals surface area (Å²) in [5, 5.41) is 0. The minimum atomic E-state index is -0.664. The Bertz CT molecular complexity index is 690. The number of hydrogen-bond donors (Lipinski definition) is 0. The molecule has 6 heteroatoms.